The first kappa shape index (κ1) is 15.0. The van der Waals surface area contributed by atoms with E-state index in [2.05, 4.69) is 47.2 Å². The van der Waals surface area contributed by atoms with Crippen molar-refractivity contribution >= 4 is 33.2 Å². The van der Waals surface area contributed by atoms with Gasteiger partial charge < -0.3 is 9.13 Å². The number of hydrogen-bond acceptors (Lipinski definition) is 4. The van der Waals surface area contributed by atoms with Gasteiger partial charge in [0.25, 0.3) is 0 Å². The molecule has 1 aromatic carbocycles. The average molecular weight is 342 g/mol. The maximum atomic E-state index is 4.84. The Morgan fingerprint density at radius 2 is 1.69 bits per heavy atom. The Hall–Kier alpha value is -3.28. The third-order valence-electron chi connectivity index (χ3n) is 5.00. The molecule has 6 nitrogen and oxygen atoms in total. The standard InChI is InChI=1S/C20H18N6/c1-11-7-13-5-6-14(8-15(13)21-10-11)19-23-16-9-17-18(22-12(2)25(17)3)24-20(16)26(19)4/h5-10H,1-4H3. The Morgan fingerprint density at radius 3 is 2.54 bits per heavy atom. The summed E-state index contributed by atoms with van der Waals surface area (Å²) < 4.78 is 4.06. The minimum Gasteiger partial charge on any atom is -0.330 e. The van der Waals surface area contributed by atoms with E-state index in [4.69, 9.17) is 9.97 Å². The second kappa shape index (κ2) is 5.11. The van der Waals surface area contributed by atoms with Crippen LogP contribution in [0.15, 0.2) is 36.5 Å². The summed E-state index contributed by atoms with van der Waals surface area (Å²) >= 11 is 0. The third kappa shape index (κ3) is 2.05. The summed E-state index contributed by atoms with van der Waals surface area (Å²) in [5, 5.41) is 1.14. The molecule has 0 saturated heterocycles. The largest absolute Gasteiger partial charge is 0.330 e. The van der Waals surface area contributed by atoms with Crippen LogP contribution in [0.5, 0.6) is 0 Å². The highest BCUT2D eigenvalue weighted by Crippen LogP contribution is 2.27. The Bertz CT molecular complexity index is 1330. The monoisotopic (exact) mass is 342 g/mol. The van der Waals surface area contributed by atoms with Crippen molar-refractivity contribution in [1.29, 1.82) is 0 Å². The van der Waals surface area contributed by atoms with E-state index in [1.807, 2.05) is 36.4 Å². The normalized spacial score (nSPS) is 11.8. The number of pyridine rings is 2. The Labute approximate surface area is 150 Å². The van der Waals surface area contributed by atoms with Crippen LogP contribution in [0.4, 0.5) is 0 Å². The van der Waals surface area contributed by atoms with Crippen molar-refractivity contribution in [2.75, 3.05) is 0 Å². The van der Waals surface area contributed by atoms with Gasteiger partial charge in [0.05, 0.1) is 11.0 Å². The van der Waals surface area contributed by atoms with Crippen molar-refractivity contribution in [3.05, 3.63) is 47.9 Å². The lowest BCUT2D eigenvalue weighted by atomic mass is 10.1. The van der Waals surface area contributed by atoms with E-state index in [1.54, 1.807) is 0 Å². The molecule has 4 aromatic heterocycles. The average Bonchev–Trinajstić information content (AvgIpc) is 3.10. The minimum absolute atomic E-state index is 0.753. The number of benzene rings is 1. The summed E-state index contributed by atoms with van der Waals surface area (Å²) in [6.45, 7) is 4.03. The molecular weight excluding hydrogens is 324 g/mol. The molecule has 0 radical (unpaired) electrons. The summed E-state index contributed by atoms with van der Waals surface area (Å²) in [5.41, 5.74) is 6.61. The van der Waals surface area contributed by atoms with Crippen LogP contribution < -0.4 is 0 Å². The number of fused-ring (bicyclic) bond motifs is 3. The van der Waals surface area contributed by atoms with E-state index < -0.39 is 0 Å². The van der Waals surface area contributed by atoms with Gasteiger partial charge in [-0.25, -0.2) is 15.0 Å². The summed E-state index contributed by atoms with van der Waals surface area (Å²) in [6.07, 6.45) is 1.89. The maximum Gasteiger partial charge on any atom is 0.180 e. The van der Waals surface area contributed by atoms with E-state index in [9.17, 15) is 0 Å². The fraction of sp³-hybridized carbons (Fsp3) is 0.200. The molecule has 0 bridgehead atoms. The molecule has 128 valence electrons. The molecule has 4 heterocycles. The van der Waals surface area contributed by atoms with Crippen molar-refractivity contribution in [2.45, 2.75) is 13.8 Å². The fourth-order valence-electron chi connectivity index (χ4n) is 3.45. The predicted molar refractivity (Wildman–Crippen MR) is 103 cm³/mol. The van der Waals surface area contributed by atoms with E-state index in [0.717, 1.165) is 56.0 Å². The van der Waals surface area contributed by atoms with E-state index in [1.165, 1.54) is 0 Å². The maximum absolute atomic E-state index is 4.84. The van der Waals surface area contributed by atoms with Crippen LogP contribution in [0.3, 0.4) is 0 Å². The molecular formula is C20H18N6. The van der Waals surface area contributed by atoms with Crippen molar-refractivity contribution in [2.24, 2.45) is 14.1 Å². The molecule has 0 atom stereocenters. The summed E-state index contributed by atoms with van der Waals surface area (Å²) in [6, 6.07) is 10.5. The van der Waals surface area contributed by atoms with Gasteiger partial charge in [-0.3, -0.25) is 4.98 Å². The molecule has 0 aliphatic rings. The quantitative estimate of drug-likeness (QED) is 0.466. The van der Waals surface area contributed by atoms with Gasteiger partial charge in [0.1, 0.15) is 17.2 Å². The first-order valence-electron chi connectivity index (χ1n) is 8.54. The van der Waals surface area contributed by atoms with Gasteiger partial charge in [0.2, 0.25) is 0 Å². The number of imidazole rings is 2. The number of aryl methyl sites for hydroxylation is 4. The van der Waals surface area contributed by atoms with Crippen LogP contribution in [0.2, 0.25) is 0 Å². The fourth-order valence-corrected chi connectivity index (χ4v) is 3.45. The Kier molecular flexibility index (Phi) is 2.95. The van der Waals surface area contributed by atoms with Crippen LogP contribution in [0.25, 0.3) is 44.6 Å². The Morgan fingerprint density at radius 1 is 0.846 bits per heavy atom. The molecule has 5 aromatic rings. The van der Waals surface area contributed by atoms with Gasteiger partial charge in [-0.05, 0) is 37.6 Å². The van der Waals surface area contributed by atoms with E-state index >= 15 is 0 Å². The van der Waals surface area contributed by atoms with Gasteiger partial charge in [0, 0.05) is 31.2 Å². The van der Waals surface area contributed by atoms with Gasteiger partial charge in [-0.15, -0.1) is 0 Å². The zero-order chi connectivity index (χ0) is 18.0. The highest BCUT2D eigenvalue weighted by Gasteiger charge is 2.15. The van der Waals surface area contributed by atoms with Gasteiger partial charge >= 0.3 is 0 Å². The molecule has 0 spiro atoms. The Balaban J connectivity index is 1.75. The molecule has 0 aliphatic heterocycles. The van der Waals surface area contributed by atoms with Crippen LogP contribution in [0, 0.1) is 13.8 Å². The first-order valence-corrected chi connectivity index (χ1v) is 8.54. The molecule has 0 N–H and O–H groups in total. The molecule has 5 rings (SSSR count). The van der Waals surface area contributed by atoms with Crippen molar-refractivity contribution < 1.29 is 0 Å². The first-order chi connectivity index (χ1) is 12.5. The third-order valence-corrected chi connectivity index (χ3v) is 5.00. The minimum atomic E-state index is 0.753. The highest BCUT2D eigenvalue weighted by molar-refractivity contribution is 5.89. The lowest BCUT2D eigenvalue weighted by Gasteiger charge is -2.04. The molecule has 0 fully saturated rings. The van der Waals surface area contributed by atoms with E-state index in [0.29, 0.717) is 0 Å². The van der Waals surface area contributed by atoms with Gasteiger partial charge in [-0.1, -0.05) is 12.1 Å². The summed E-state index contributed by atoms with van der Waals surface area (Å²) in [5.74, 6) is 1.82. The zero-order valence-corrected chi connectivity index (χ0v) is 15.1. The second-order valence-electron chi connectivity index (χ2n) is 6.81. The van der Waals surface area contributed by atoms with Crippen molar-refractivity contribution in [3.63, 3.8) is 0 Å². The lowest BCUT2D eigenvalue weighted by molar-refractivity contribution is 0.886. The van der Waals surface area contributed by atoms with Crippen molar-refractivity contribution in [3.8, 4) is 11.4 Å². The number of rotatable bonds is 1. The van der Waals surface area contributed by atoms with Crippen molar-refractivity contribution in [1.82, 2.24) is 29.1 Å². The summed E-state index contributed by atoms with van der Waals surface area (Å²) in [4.78, 5) is 18.6. The molecule has 6 heteroatoms. The second-order valence-corrected chi connectivity index (χ2v) is 6.81. The predicted octanol–water partition coefficient (Wildman–Crippen LogP) is 3.69. The van der Waals surface area contributed by atoms with Crippen LogP contribution >= 0.6 is 0 Å². The zero-order valence-electron chi connectivity index (χ0n) is 15.1. The molecule has 0 aliphatic carbocycles. The summed E-state index contributed by atoms with van der Waals surface area (Å²) in [7, 11) is 3.99. The van der Waals surface area contributed by atoms with Gasteiger partial charge in [-0.2, -0.15) is 0 Å². The number of aromatic nitrogens is 6. The van der Waals surface area contributed by atoms with E-state index in [-0.39, 0.29) is 0 Å². The van der Waals surface area contributed by atoms with Crippen LogP contribution in [0.1, 0.15) is 11.4 Å². The molecule has 0 amide bonds. The highest BCUT2D eigenvalue weighted by atomic mass is 15.1. The number of nitrogens with zero attached hydrogens (tertiary/aromatic N) is 6. The molecule has 0 saturated carbocycles. The smallest absolute Gasteiger partial charge is 0.180 e. The number of hydrogen-bond donors (Lipinski definition) is 0. The molecule has 26 heavy (non-hydrogen) atoms. The topological polar surface area (TPSA) is 61.4 Å². The lowest BCUT2D eigenvalue weighted by Crippen LogP contribution is -1.95. The van der Waals surface area contributed by atoms with Crippen LogP contribution in [-0.2, 0) is 14.1 Å². The molecule has 0 unspecified atom stereocenters. The van der Waals surface area contributed by atoms with Crippen LogP contribution in [-0.4, -0.2) is 29.1 Å². The SMILES string of the molecule is Cc1cnc2cc(-c3nc4cc5c(nc(C)n5C)nc4n3C)ccc2c1. The van der Waals surface area contributed by atoms with Gasteiger partial charge in [0.15, 0.2) is 11.3 Å².